The molecule has 0 saturated carbocycles. The molecule has 0 bridgehead atoms. The van der Waals surface area contributed by atoms with Crippen molar-refractivity contribution in [2.45, 2.75) is 0 Å². The number of hydrogen-bond donors (Lipinski definition) is 1. The second-order valence-corrected chi connectivity index (χ2v) is 4.45. The number of carbonyl (C=O) groups excluding carboxylic acids is 1. The third-order valence-electron chi connectivity index (χ3n) is 2.52. The molecule has 0 unspecified atom stereocenters. The van der Waals surface area contributed by atoms with Gasteiger partial charge in [0.15, 0.2) is 0 Å². The third kappa shape index (κ3) is 4.50. The van der Waals surface area contributed by atoms with Crippen LogP contribution in [0.15, 0.2) is 59.8 Å². The minimum atomic E-state index is -0.401. The molecule has 2 rings (SSSR count). The minimum absolute atomic E-state index is 0.162. The van der Waals surface area contributed by atoms with Crippen LogP contribution in [0.2, 0.25) is 5.02 Å². The Morgan fingerprint density at radius 1 is 1.10 bits per heavy atom. The van der Waals surface area contributed by atoms with E-state index >= 15 is 0 Å². The number of benzene rings is 2. The van der Waals surface area contributed by atoms with Crippen LogP contribution in [0.4, 0.5) is 0 Å². The number of nitrogens with zero attached hydrogens (tertiary/aromatic N) is 1. The van der Waals surface area contributed by atoms with E-state index in [9.17, 15) is 4.79 Å². The van der Waals surface area contributed by atoms with Gasteiger partial charge in [-0.25, -0.2) is 0 Å². The summed E-state index contributed by atoms with van der Waals surface area (Å²) in [5.41, 5.74) is 6.00. The predicted molar refractivity (Wildman–Crippen MR) is 80.4 cm³/mol. The zero-order chi connectivity index (χ0) is 15.1. The van der Waals surface area contributed by atoms with Gasteiger partial charge in [-0.2, -0.15) is 0 Å². The third-order valence-corrected chi connectivity index (χ3v) is 2.78. The van der Waals surface area contributed by atoms with Crippen LogP contribution in [0, 0.1) is 0 Å². The molecule has 2 aromatic rings. The van der Waals surface area contributed by atoms with E-state index in [1.165, 1.54) is 0 Å². The number of hydrogen-bond acceptors (Lipinski definition) is 4. The molecule has 0 aliphatic heterocycles. The summed E-state index contributed by atoms with van der Waals surface area (Å²) in [7, 11) is 0. The zero-order valence-corrected chi connectivity index (χ0v) is 11.8. The highest BCUT2D eigenvalue weighted by Gasteiger charge is 2.10. The Morgan fingerprint density at radius 2 is 1.76 bits per heavy atom. The van der Waals surface area contributed by atoms with Crippen molar-refractivity contribution < 1.29 is 14.4 Å². The van der Waals surface area contributed by atoms with Crippen LogP contribution < -0.4 is 10.5 Å². The van der Waals surface area contributed by atoms with Gasteiger partial charge in [-0.3, -0.25) is 4.79 Å². The highest BCUT2D eigenvalue weighted by molar-refractivity contribution is 6.44. The molecule has 21 heavy (non-hydrogen) atoms. The molecule has 6 heteroatoms. The van der Waals surface area contributed by atoms with E-state index in [0.29, 0.717) is 16.3 Å². The molecule has 0 heterocycles. The lowest BCUT2D eigenvalue weighted by molar-refractivity contribution is 0.0185. The summed E-state index contributed by atoms with van der Waals surface area (Å²) in [4.78, 5) is 16.7. The molecule has 5 nitrogen and oxygen atoms in total. The quantitative estimate of drug-likeness (QED) is 0.222. The van der Waals surface area contributed by atoms with Gasteiger partial charge >= 0.3 is 0 Å². The van der Waals surface area contributed by atoms with Crippen molar-refractivity contribution in [3.8, 4) is 5.75 Å². The van der Waals surface area contributed by atoms with Crippen molar-refractivity contribution >= 4 is 23.2 Å². The van der Waals surface area contributed by atoms with Crippen molar-refractivity contribution in [3.63, 3.8) is 0 Å². The first-order chi connectivity index (χ1) is 10.2. The first-order valence-corrected chi connectivity index (χ1v) is 6.48. The van der Waals surface area contributed by atoms with Gasteiger partial charge in [0.1, 0.15) is 5.75 Å². The fourth-order valence-corrected chi connectivity index (χ4v) is 1.63. The lowest BCUT2D eigenvalue weighted by Crippen LogP contribution is -2.24. The first kappa shape index (κ1) is 14.9. The number of halogens is 1. The van der Waals surface area contributed by atoms with E-state index in [4.69, 9.17) is 26.9 Å². The number of oxime groups is 1. The van der Waals surface area contributed by atoms with Gasteiger partial charge in [0.25, 0.3) is 6.79 Å². The van der Waals surface area contributed by atoms with E-state index in [2.05, 4.69) is 5.16 Å². The molecule has 0 aliphatic rings. The molecular formula is C15H13ClN2O3. The summed E-state index contributed by atoms with van der Waals surface area (Å²) in [6.07, 6.45) is 0. The highest BCUT2D eigenvalue weighted by Crippen LogP contribution is 2.15. The minimum Gasteiger partial charge on any atom is -0.455 e. The molecule has 0 spiro atoms. The standard InChI is InChI=1S/C15H13ClN2O3/c16-12-6-8-13(9-7-12)20-10-21-18-15(17)14(19)11-4-2-1-3-5-11/h1-9H,10H2,(H2,17,18). The van der Waals surface area contributed by atoms with Crippen molar-refractivity contribution in [1.29, 1.82) is 0 Å². The fraction of sp³-hybridized carbons (Fsp3) is 0.0667. The smallest absolute Gasteiger partial charge is 0.255 e. The molecular weight excluding hydrogens is 292 g/mol. The van der Waals surface area contributed by atoms with Gasteiger partial charge in [-0.05, 0) is 24.3 Å². The van der Waals surface area contributed by atoms with Crippen LogP contribution in [-0.4, -0.2) is 18.4 Å². The Bertz CT molecular complexity index is 627. The van der Waals surface area contributed by atoms with Gasteiger partial charge in [0.2, 0.25) is 11.6 Å². The lowest BCUT2D eigenvalue weighted by Gasteiger charge is -2.05. The fourth-order valence-electron chi connectivity index (χ4n) is 1.50. The molecule has 0 fully saturated rings. The van der Waals surface area contributed by atoms with Crippen LogP contribution in [0.5, 0.6) is 5.75 Å². The topological polar surface area (TPSA) is 73.9 Å². The summed E-state index contributed by atoms with van der Waals surface area (Å²) in [6.45, 7) is -0.162. The van der Waals surface area contributed by atoms with E-state index in [1.54, 1.807) is 54.6 Å². The van der Waals surface area contributed by atoms with Crippen LogP contribution in [0.1, 0.15) is 10.4 Å². The molecule has 0 saturated heterocycles. The Hall–Kier alpha value is -2.53. The summed E-state index contributed by atoms with van der Waals surface area (Å²) in [6, 6.07) is 15.3. The SMILES string of the molecule is N/C(=N\OCOc1ccc(Cl)cc1)C(=O)c1ccccc1. The van der Waals surface area contributed by atoms with Crippen molar-refractivity contribution in [2.75, 3.05) is 6.79 Å². The van der Waals surface area contributed by atoms with Gasteiger partial charge in [0.05, 0.1) is 0 Å². The Labute approximate surface area is 126 Å². The maximum Gasteiger partial charge on any atom is 0.255 e. The van der Waals surface area contributed by atoms with Crippen LogP contribution in [0.25, 0.3) is 0 Å². The van der Waals surface area contributed by atoms with Crippen LogP contribution >= 0.6 is 11.6 Å². The van der Waals surface area contributed by atoms with E-state index in [1.807, 2.05) is 0 Å². The van der Waals surface area contributed by atoms with E-state index in [0.717, 1.165) is 0 Å². The number of Topliss-reactive ketones (excluding diaryl/α,β-unsaturated/α-hetero) is 1. The average Bonchev–Trinajstić information content (AvgIpc) is 2.53. The highest BCUT2D eigenvalue weighted by atomic mass is 35.5. The molecule has 0 atom stereocenters. The first-order valence-electron chi connectivity index (χ1n) is 6.10. The largest absolute Gasteiger partial charge is 0.455 e. The van der Waals surface area contributed by atoms with Crippen LogP contribution in [-0.2, 0) is 4.84 Å². The number of ether oxygens (including phenoxy) is 1. The van der Waals surface area contributed by atoms with Gasteiger partial charge in [-0.1, -0.05) is 47.1 Å². The number of carbonyl (C=O) groups is 1. The Morgan fingerprint density at radius 3 is 2.43 bits per heavy atom. The second-order valence-electron chi connectivity index (χ2n) is 4.02. The molecule has 2 aromatic carbocycles. The van der Waals surface area contributed by atoms with E-state index in [-0.39, 0.29) is 12.6 Å². The number of nitrogens with two attached hydrogens (primary N) is 1. The molecule has 2 N–H and O–H groups in total. The lowest BCUT2D eigenvalue weighted by atomic mass is 10.1. The molecule has 0 amide bonds. The molecule has 0 aliphatic carbocycles. The monoisotopic (exact) mass is 304 g/mol. The maximum atomic E-state index is 11.9. The number of amidine groups is 1. The van der Waals surface area contributed by atoms with Crippen molar-refractivity contribution in [3.05, 3.63) is 65.2 Å². The summed E-state index contributed by atoms with van der Waals surface area (Å²) >= 11 is 5.74. The van der Waals surface area contributed by atoms with Crippen LogP contribution in [0.3, 0.4) is 0 Å². The predicted octanol–water partition coefficient (Wildman–Crippen LogP) is 2.85. The second kappa shape index (κ2) is 7.31. The normalized spacial score (nSPS) is 11.0. The summed E-state index contributed by atoms with van der Waals surface area (Å²) < 4.78 is 5.24. The summed E-state index contributed by atoms with van der Waals surface area (Å²) in [5.74, 6) is -0.0643. The zero-order valence-electron chi connectivity index (χ0n) is 11.0. The number of rotatable bonds is 6. The molecule has 0 radical (unpaired) electrons. The number of ketones is 1. The van der Waals surface area contributed by atoms with Gasteiger partial charge in [0, 0.05) is 10.6 Å². The Balaban J connectivity index is 1.83. The van der Waals surface area contributed by atoms with E-state index < -0.39 is 5.78 Å². The Kier molecular flexibility index (Phi) is 5.17. The summed E-state index contributed by atoms with van der Waals surface area (Å²) in [5, 5.41) is 4.14. The van der Waals surface area contributed by atoms with Crippen molar-refractivity contribution in [2.24, 2.45) is 10.9 Å². The molecule has 0 aromatic heterocycles. The maximum absolute atomic E-state index is 11.9. The van der Waals surface area contributed by atoms with Crippen molar-refractivity contribution in [1.82, 2.24) is 0 Å². The van der Waals surface area contributed by atoms with Gasteiger partial charge in [-0.15, -0.1) is 0 Å². The van der Waals surface area contributed by atoms with Gasteiger partial charge < -0.3 is 15.3 Å². The average molecular weight is 305 g/mol. The molecule has 108 valence electrons.